The Morgan fingerprint density at radius 3 is 2.53 bits per heavy atom. The lowest BCUT2D eigenvalue weighted by Crippen LogP contribution is -2.47. The van der Waals surface area contributed by atoms with Crippen molar-refractivity contribution in [1.29, 1.82) is 0 Å². The second-order valence-electron chi connectivity index (χ2n) is 5.93. The van der Waals surface area contributed by atoms with Crippen molar-refractivity contribution in [2.75, 3.05) is 26.8 Å². The van der Waals surface area contributed by atoms with E-state index in [-0.39, 0.29) is 0 Å². The molecule has 1 N–H and O–H groups in total. The third-order valence-corrected chi connectivity index (χ3v) is 4.57. The zero-order valence-electron chi connectivity index (χ0n) is 13.5. The number of hydrogen-bond donors (Lipinski definition) is 1. The van der Waals surface area contributed by atoms with E-state index in [2.05, 4.69) is 31.0 Å². The maximum atomic E-state index is 5.29. The van der Waals surface area contributed by atoms with Crippen molar-refractivity contribution >= 4 is 0 Å². The van der Waals surface area contributed by atoms with Gasteiger partial charge in [0.2, 0.25) is 0 Å². The molecule has 0 aromatic heterocycles. The monoisotopic (exact) mass is 270 g/mol. The number of ether oxygens (including phenoxy) is 1. The molecule has 0 aromatic carbocycles. The summed E-state index contributed by atoms with van der Waals surface area (Å²) in [5.41, 5.74) is 0. The third kappa shape index (κ3) is 5.80. The van der Waals surface area contributed by atoms with Crippen molar-refractivity contribution in [3.05, 3.63) is 0 Å². The first-order valence-corrected chi connectivity index (χ1v) is 8.20. The van der Waals surface area contributed by atoms with Crippen molar-refractivity contribution in [1.82, 2.24) is 10.2 Å². The van der Waals surface area contributed by atoms with E-state index in [1.165, 1.54) is 45.1 Å². The van der Waals surface area contributed by atoms with E-state index in [0.29, 0.717) is 12.1 Å². The van der Waals surface area contributed by atoms with Gasteiger partial charge in [-0.1, -0.05) is 20.3 Å². The molecule has 0 spiro atoms. The molecule has 1 aliphatic heterocycles. The zero-order chi connectivity index (χ0) is 14.1. The molecule has 1 heterocycles. The minimum absolute atomic E-state index is 0.649. The summed E-state index contributed by atoms with van der Waals surface area (Å²) in [7, 11) is 1.80. The maximum absolute atomic E-state index is 5.29. The standard InChI is InChI=1S/C16H34N2O/c1-5-16(6-2)18(11-12-19-4)14(3)13-15-9-7-8-10-17-15/h14-17H,5-13H2,1-4H3. The summed E-state index contributed by atoms with van der Waals surface area (Å²) in [6.45, 7) is 10.1. The van der Waals surface area contributed by atoms with E-state index in [9.17, 15) is 0 Å². The second kappa shape index (κ2) is 9.73. The minimum atomic E-state index is 0.649. The van der Waals surface area contributed by atoms with Crippen LogP contribution < -0.4 is 5.32 Å². The first-order valence-electron chi connectivity index (χ1n) is 8.20. The fourth-order valence-corrected chi connectivity index (χ4v) is 3.39. The molecule has 2 atom stereocenters. The van der Waals surface area contributed by atoms with Crippen LogP contribution >= 0.6 is 0 Å². The zero-order valence-corrected chi connectivity index (χ0v) is 13.5. The molecular formula is C16H34N2O. The number of rotatable bonds is 9. The number of methoxy groups -OCH3 is 1. The minimum Gasteiger partial charge on any atom is -0.383 e. The topological polar surface area (TPSA) is 24.5 Å². The fraction of sp³-hybridized carbons (Fsp3) is 1.00. The Bertz CT molecular complexity index is 213. The van der Waals surface area contributed by atoms with Gasteiger partial charge in [-0.25, -0.2) is 0 Å². The predicted molar refractivity (Wildman–Crippen MR) is 82.7 cm³/mol. The summed E-state index contributed by atoms with van der Waals surface area (Å²) < 4.78 is 5.29. The smallest absolute Gasteiger partial charge is 0.0589 e. The molecule has 0 bridgehead atoms. The van der Waals surface area contributed by atoms with Gasteiger partial charge in [-0.2, -0.15) is 0 Å². The van der Waals surface area contributed by atoms with Crippen LogP contribution in [0.2, 0.25) is 0 Å². The van der Waals surface area contributed by atoms with Crippen LogP contribution in [0.1, 0.15) is 59.3 Å². The summed E-state index contributed by atoms with van der Waals surface area (Å²) in [6, 6.07) is 2.08. The number of nitrogens with one attached hydrogen (secondary N) is 1. The average Bonchev–Trinajstić information content (AvgIpc) is 2.44. The van der Waals surface area contributed by atoms with Gasteiger partial charge in [-0.3, -0.25) is 4.90 Å². The molecule has 3 nitrogen and oxygen atoms in total. The normalized spacial score (nSPS) is 22.1. The van der Waals surface area contributed by atoms with Gasteiger partial charge in [-0.15, -0.1) is 0 Å². The fourth-order valence-electron chi connectivity index (χ4n) is 3.39. The highest BCUT2D eigenvalue weighted by Crippen LogP contribution is 2.19. The van der Waals surface area contributed by atoms with Crippen molar-refractivity contribution < 1.29 is 4.74 Å². The first-order chi connectivity index (χ1) is 9.22. The van der Waals surface area contributed by atoms with Crippen LogP contribution in [0.15, 0.2) is 0 Å². The van der Waals surface area contributed by atoms with Gasteiger partial charge in [0.05, 0.1) is 6.61 Å². The lowest BCUT2D eigenvalue weighted by atomic mass is 9.96. The molecule has 2 unspecified atom stereocenters. The van der Waals surface area contributed by atoms with Crippen LogP contribution in [-0.4, -0.2) is 49.8 Å². The Balaban J connectivity index is 2.50. The number of hydrogen-bond acceptors (Lipinski definition) is 3. The molecule has 1 rings (SSSR count). The molecule has 1 fully saturated rings. The molecule has 0 aliphatic carbocycles. The lowest BCUT2D eigenvalue weighted by Gasteiger charge is -2.38. The van der Waals surface area contributed by atoms with Crippen molar-refractivity contribution in [2.45, 2.75) is 77.4 Å². The molecule has 114 valence electrons. The molecule has 0 amide bonds. The number of piperidine rings is 1. The Morgan fingerprint density at radius 2 is 2.00 bits per heavy atom. The SMILES string of the molecule is CCC(CC)N(CCOC)C(C)CC1CCCCN1. The van der Waals surface area contributed by atoms with E-state index in [4.69, 9.17) is 4.74 Å². The van der Waals surface area contributed by atoms with Gasteiger partial charge < -0.3 is 10.1 Å². The Hall–Kier alpha value is -0.120. The summed E-state index contributed by atoms with van der Waals surface area (Å²) in [6.07, 6.45) is 7.86. The van der Waals surface area contributed by atoms with Crippen LogP contribution in [0, 0.1) is 0 Å². The summed E-state index contributed by atoms with van der Waals surface area (Å²) in [5, 5.41) is 3.68. The van der Waals surface area contributed by atoms with Gasteiger partial charge in [0.15, 0.2) is 0 Å². The van der Waals surface area contributed by atoms with Crippen LogP contribution in [0.4, 0.5) is 0 Å². The van der Waals surface area contributed by atoms with E-state index in [1.54, 1.807) is 7.11 Å². The van der Waals surface area contributed by atoms with Gasteiger partial charge in [0, 0.05) is 31.8 Å². The van der Waals surface area contributed by atoms with Gasteiger partial charge in [0.25, 0.3) is 0 Å². The summed E-state index contributed by atoms with van der Waals surface area (Å²) in [5.74, 6) is 0. The number of nitrogens with zero attached hydrogens (tertiary/aromatic N) is 1. The molecule has 3 heteroatoms. The Labute approximate surface area is 120 Å². The van der Waals surface area contributed by atoms with E-state index in [0.717, 1.165) is 19.2 Å². The highest BCUT2D eigenvalue weighted by Gasteiger charge is 2.24. The average molecular weight is 270 g/mol. The second-order valence-corrected chi connectivity index (χ2v) is 5.93. The summed E-state index contributed by atoms with van der Waals surface area (Å²) >= 11 is 0. The highest BCUT2D eigenvalue weighted by molar-refractivity contribution is 4.81. The molecule has 19 heavy (non-hydrogen) atoms. The predicted octanol–water partition coefficient (Wildman–Crippen LogP) is 3.04. The van der Waals surface area contributed by atoms with Gasteiger partial charge in [-0.05, 0) is 45.6 Å². The van der Waals surface area contributed by atoms with E-state index in [1.807, 2.05) is 0 Å². The van der Waals surface area contributed by atoms with Crippen LogP contribution in [0.3, 0.4) is 0 Å². The van der Waals surface area contributed by atoms with Crippen molar-refractivity contribution in [3.8, 4) is 0 Å². The third-order valence-electron chi connectivity index (χ3n) is 4.57. The van der Waals surface area contributed by atoms with Crippen LogP contribution in [0.25, 0.3) is 0 Å². The van der Waals surface area contributed by atoms with Crippen molar-refractivity contribution in [3.63, 3.8) is 0 Å². The van der Waals surface area contributed by atoms with Crippen LogP contribution in [-0.2, 0) is 4.74 Å². The van der Waals surface area contributed by atoms with Crippen LogP contribution in [0.5, 0.6) is 0 Å². The molecule has 0 radical (unpaired) electrons. The quantitative estimate of drug-likeness (QED) is 0.697. The molecule has 1 aliphatic rings. The summed E-state index contributed by atoms with van der Waals surface area (Å²) in [4.78, 5) is 2.67. The molecule has 0 saturated carbocycles. The Morgan fingerprint density at radius 1 is 1.26 bits per heavy atom. The first kappa shape index (κ1) is 16.9. The molecule has 1 saturated heterocycles. The Kier molecular flexibility index (Phi) is 8.67. The largest absolute Gasteiger partial charge is 0.383 e. The lowest BCUT2D eigenvalue weighted by molar-refractivity contribution is 0.0764. The maximum Gasteiger partial charge on any atom is 0.0589 e. The van der Waals surface area contributed by atoms with Gasteiger partial charge >= 0.3 is 0 Å². The molecular weight excluding hydrogens is 236 g/mol. The highest BCUT2D eigenvalue weighted by atomic mass is 16.5. The van der Waals surface area contributed by atoms with Gasteiger partial charge in [0.1, 0.15) is 0 Å². The molecule has 0 aromatic rings. The van der Waals surface area contributed by atoms with E-state index < -0.39 is 0 Å². The van der Waals surface area contributed by atoms with Crippen molar-refractivity contribution in [2.24, 2.45) is 0 Å². The van der Waals surface area contributed by atoms with E-state index >= 15 is 0 Å².